The Morgan fingerprint density at radius 1 is 0.574 bits per heavy atom. The molecule has 0 aromatic heterocycles. The maximum atomic E-state index is 12.6. The summed E-state index contributed by atoms with van der Waals surface area (Å²) in [7, 11) is 1.15. The van der Waals surface area contributed by atoms with E-state index in [-0.39, 0.29) is 26.1 Å². The molecule has 0 rings (SSSR count). The normalized spacial score (nSPS) is 14.0. The van der Waals surface area contributed by atoms with Crippen LogP contribution < -0.4 is 4.89 Å². The number of likely N-dealkylation sites (N-methyl/N-ethyl adjacent to an activating group) is 1. The van der Waals surface area contributed by atoms with Crippen molar-refractivity contribution in [1.82, 2.24) is 0 Å². The monoisotopic (exact) mass is 784 g/mol. The number of nitrogens with zero attached hydrogens (tertiary/aromatic N) is 1. The predicted octanol–water partition coefficient (Wildman–Crippen LogP) is 11.5. The molecule has 0 aromatic rings. The third kappa shape index (κ3) is 39.9. The summed E-state index contributed by atoms with van der Waals surface area (Å²) in [5.74, 6) is -0.862. The summed E-state index contributed by atoms with van der Waals surface area (Å²) in [5, 5.41) is 0. The quantitative estimate of drug-likeness (QED) is 0.0151. The van der Waals surface area contributed by atoms with Crippen molar-refractivity contribution >= 4 is 19.8 Å². The summed E-state index contributed by atoms with van der Waals surface area (Å²) in [6, 6.07) is 0. The molecule has 10 heteroatoms. The Morgan fingerprint density at radius 2 is 1.00 bits per heavy atom. The highest BCUT2D eigenvalue weighted by Gasteiger charge is 2.21. The van der Waals surface area contributed by atoms with Crippen LogP contribution in [0.5, 0.6) is 0 Å². The molecule has 0 aliphatic heterocycles. The number of carbonyl (C=O) groups excluding carboxylic acids is 2. The highest BCUT2D eigenvalue weighted by molar-refractivity contribution is 7.45. The standard InChI is InChI=1S/C44H82NO8P/c1-6-8-10-12-14-16-18-20-22-24-26-28-30-32-34-36-43(46)50-40-42(41-52-54(48,49)51-39-38-45(3,4)5)53-44(47)37-35-33-31-29-27-25-23-21-19-17-15-13-11-9-7-2/h17,19-23,42H,6-16,18,24-41H2,1-5H3/b19-17+,22-20+,23-21+/t42-/m1/s1. The van der Waals surface area contributed by atoms with Crippen molar-refractivity contribution in [1.29, 1.82) is 0 Å². The van der Waals surface area contributed by atoms with Gasteiger partial charge in [0.15, 0.2) is 6.10 Å². The minimum atomic E-state index is -4.63. The number of ether oxygens (including phenoxy) is 2. The lowest BCUT2D eigenvalue weighted by Crippen LogP contribution is -2.37. The first-order valence-corrected chi connectivity index (χ1v) is 23.2. The molecule has 54 heavy (non-hydrogen) atoms. The van der Waals surface area contributed by atoms with Crippen molar-refractivity contribution in [2.45, 2.75) is 187 Å². The summed E-state index contributed by atoms with van der Waals surface area (Å²) in [6.07, 6.45) is 40.2. The molecule has 0 saturated carbocycles. The first-order chi connectivity index (χ1) is 26.0. The van der Waals surface area contributed by atoms with Crippen LogP contribution in [0.2, 0.25) is 0 Å². The molecule has 0 heterocycles. The number of rotatable bonds is 39. The number of unbranched alkanes of at least 4 members (excludes halogenated alkanes) is 20. The van der Waals surface area contributed by atoms with E-state index in [1.165, 1.54) is 70.6 Å². The molecule has 0 saturated heterocycles. The van der Waals surface area contributed by atoms with Gasteiger partial charge in [0.2, 0.25) is 0 Å². The smallest absolute Gasteiger partial charge is 0.306 e. The SMILES string of the molecule is CCCCCC/C=C/C=C/CCCCCCCC(=O)O[C@H](COC(=O)CCCCCCC/C=C/CCCCCCCC)COP(=O)([O-])OCC[N+](C)(C)C. The van der Waals surface area contributed by atoms with Crippen LogP contribution in [0.3, 0.4) is 0 Å². The highest BCUT2D eigenvalue weighted by Crippen LogP contribution is 2.38. The van der Waals surface area contributed by atoms with Crippen LogP contribution in [0.15, 0.2) is 36.5 Å². The van der Waals surface area contributed by atoms with Crippen LogP contribution in [-0.4, -0.2) is 70.0 Å². The number of phosphoric acid groups is 1. The number of allylic oxidation sites excluding steroid dienone is 6. The summed E-state index contributed by atoms with van der Waals surface area (Å²) in [4.78, 5) is 37.5. The van der Waals surface area contributed by atoms with Gasteiger partial charge in [0, 0.05) is 12.8 Å². The molecule has 0 fully saturated rings. The van der Waals surface area contributed by atoms with Gasteiger partial charge in [0.1, 0.15) is 19.8 Å². The molecule has 0 amide bonds. The molecule has 0 radical (unpaired) electrons. The van der Waals surface area contributed by atoms with Gasteiger partial charge in [-0.1, -0.05) is 140 Å². The zero-order valence-corrected chi connectivity index (χ0v) is 36.3. The van der Waals surface area contributed by atoms with Gasteiger partial charge in [-0.25, -0.2) is 0 Å². The topological polar surface area (TPSA) is 111 Å². The summed E-state index contributed by atoms with van der Waals surface area (Å²) < 4.78 is 33.8. The minimum Gasteiger partial charge on any atom is -0.756 e. The summed E-state index contributed by atoms with van der Waals surface area (Å²) in [6.45, 7) is 4.17. The van der Waals surface area contributed by atoms with Crippen LogP contribution in [0, 0.1) is 0 Å². The van der Waals surface area contributed by atoms with Crippen molar-refractivity contribution < 1.29 is 42.1 Å². The molecule has 0 N–H and O–H groups in total. The van der Waals surface area contributed by atoms with Gasteiger partial charge in [-0.2, -0.15) is 0 Å². The van der Waals surface area contributed by atoms with Gasteiger partial charge >= 0.3 is 11.9 Å². The van der Waals surface area contributed by atoms with Crippen LogP contribution >= 0.6 is 7.82 Å². The first kappa shape index (κ1) is 52.2. The van der Waals surface area contributed by atoms with Crippen molar-refractivity contribution in [3.63, 3.8) is 0 Å². The largest absolute Gasteiger partial charge is 0.756 e. The van der Waals surface area contributed by atoms with E-state index in [4.69, 9.17) is 18.5 Å². The van der Waals surface area contributed by atoms with Gasteiger partial charge in [0.05, 0.1) is 27.7 Å². The second-order valence-electron chi connectivity index (χ2n) is 15.7. The molecule has 0 aliphatic carbocycles. The van der Waals surface area contributed by atoms with Crippen molar-refractivity contribution in [2.75, 3.05) is 47.5 Å². The number of hydrogen-bond acceptors (Lipinski definition) is 8. The Hall–Kier alpha value is -1.77. The molecular weight excluding hydrogens is 701 g/mol. The maximum Gasteiger partial charge on any atom is 0.306 e. The molecule has 0 aromatic carbocycles. The van der Waals surface area contributed by atoms with E-state index in [2.05, 4.69) is 50.3 Å². The number of phosphoric ester groups is 1. The van der Waals surface area contributed by atoms with Gasteiger partial charge in [0.25, 0.3) is 7.82 Å². The van der Waals surface area contributed by atoms with Crippen LogP contribution in [0.25, 0.3) is 0 Å². The van der Waals surface area contributed by atoms with E-state index >= 15 is 0 Å². The van der Waals surface area contributed by atoms with Gasteiger partial charge in [-0.3, -0.25) is 14.2 Å². The van der Waals surface area contributed by atoms with E-state index in [0.29, 0.717) is 17.4 Å². The number of esters is 2. The second-order valence-corrected chi connectivity index (χ2v) is 17.1. The molecule has 9 nitrogen and oxygen atoms in total. The van der Waals surface area contributed by atoms with Gasteiger partial charge < -0.3 is 27.9 Å². The van der Waals surface area contributed by atoms with Crippen LogP contribution in [0.1, 0.15) is 181 Å². The zero-order chi connectivity index (χ0) is 40.0. The van der Waals surface area contributed by atoms with E-state index in [0.717, 1.165) is 77.0 Å². The number of carbonyl (C=O) groups is 2. The Bertz CT molecular complexity index is 1020. The molecule has 0 aliphatic rings. The average Bonchev–Trinajstić information content (AvgIpc) is 3.12. The molecule has 2 atom stereocenters. The maximum absolute atomic E-state index is 12.6. The average molecular weight is 784 g/mol. The van der Waals surface area contributed by atoms with Crippen molar-refractivity contribution in [2.24, 2.45) is 0 Å². The fraction of sp³-hybridized carbons (Fsp3) is 0.818. The lowest BCUT2D eigenvalue weighted by atomic mass is 10.1. The molecular formula is C44H82NO8P. The van der Waals surface area contributed by atoms with E-state index in [9.17, 15) is 19.0 Å². The highest BCUT2D eigenvalue weighted by atomic mass is 31.2. The van der Waals surface area contributed by atoms with Crippen molar-refractivity contribution in [3.8, 4) is 0 Å². The molecule has 1 unspecified atom stereocenters. The molecule has 0 bridgehead atoms. The fourth-order valence-electron chi connectivity index (χ4n) is 5.70. The lowest BCUT2D eigenvalue weighted by molar-refractivity contribution is -0.870. The minimum absolute atomic E-state index is 0.0355. The van der Waals surface area contributed by atoms with E-state index < -0.39 is 32.5 Å². The Balaban J connectivity index is 4.41. The van der Waals surface area contributed by atoms with E-state index in [1.54, 1.807) is 0 Å². The third-order valence-corrected chi connectivity index (χ3v) is 10.1. The van der Waals surface area contributed by atoms with Crippen LogP contribution in [0.4, 0.5) is 0 Å². The fourth-order valence-corrected chi connectivity index (χ4v) is 6.43. The Kier molecular flexibility index (Phi) is 35.6. The molecule has 316 valence electrons. The third-order valence-electron chi connectivity index (χ3n) is 9.16. The number of quaternary nitrogens is 1. The summed E-state index contributed by atoms with van der Waals surface area (Å²) in [5.41, 5.74) is 0. The van der Waals surface area contributed by atoms with Crippen LogP contribution in [-0.2, 0) is 32.7 Å². The van der Waals surface area contributed by atoms with Gasteiger partial charge in [-0.15, -0.1) is 0 Å². The summed E-state index contributed by atoms with van der Waals surface area (Å²) >= 11 is 0. The zero-order valence-electron chi connectivity index (χ0n) is 35.4. The predicted molar refractivity (Wildman–Crippen MR) is 222 cm³/mol. The van der Waals surface area contributed by atoms with Gasteiger partial charge in [-0.05, 0) is 64.2 Å². The Morgan fingerprint density at radius 3 is 1.50 bits per heavy atom. The Labute approximate surface area is 331 Å². The lowest BCUT2D eigenvalue weighted by Gasteiger charge is -2.28. The first-order valence-electron chi connectivity index (χ1n) is 21.7. The number of hydrogen-bond donors (Lipinski definition) is 0. The van der Waals surface area contributed by atoms with E-state index in [1.807, 2.05) is 21.1 Å². The molecule has 0 spiro atoms. The van der Waals surface area contributed by atoms with Crippen molar-refractivity contribution in [3.05, 3.63) is 36.5 Å². The second kappa shape index (κ2) is 36.8.